The molecule has 0 aliphatic carbocycles. The Balaban J connectivity index is 1.06. The molecule has 0 bridgehead atoms. The number of hydrogen-bond donors (Lipinski definition) is 0. The Labute approximate surface area is 273 Å². The molecule has 0 unspecified atom stereocenters. The lowest BCUT2D eigenvalue weighted by molar-refractivity contribution is -0.144. The van der Waals surface area contributed by atoms with E-state index in [0.717, 1.165) is 81.8 Å². The summed E-state index contributed by atoms with van der Waals surface area (Å²) >= 11 is 1.81. The van der Waals surface area contributed by atoms with Gasteiger partial charge in [0.15, 0.2) is 6.73 Å². The Hall–Kier alpha value is -3.10. The Morgan fingerprint density at radius 2 is 1.71 bits per heavy atom. The highest BCUT2D eigenvalue weighted by Crippen LogP contribution is 2.42. The van der Waals surface area contributed by atoms with E-state index in [1.54, 1.807) is 4.90 Å². The summed E-state index contributed by atoms with van der Waals surface area (Å²) in [5.74, 6) is 0.487. The van der Waals surface area contributed by atoms with Crippen molar-refractivity contribution in [3.8, 4) is 5.75 Å². The van der Waals surface area contributed by atoms with Crippen molar-refractivity contribution in [1.29, 1.82) is 0 Å². The van der Waals surface area contributed by atoms with Crippen molar-refractivity contribution in [2.75, 3.05) is 55.9 Å². The average molecular weight is 634 g/mol. The number of anilines is 2. The van der Waals surface area contributed by atoms with Crippen LogP contribution >= 0.6 is 11.3 Å². The zero-order valence-corrected chi connectivity index (χ0v) is 28.3. The van der Waals surface area contributed by atoms with E-state index in [2.05, 4.69) is 66.3 Å². The summed E-state index contributed by atoms with van der Waals surface area (Å²) in [6.07, 6.45) is 9.54. The maximum absolute atomic E-state index is 13.1. The lowest BCUT2D eigenvalue weighted by atomic mass is 9.77. The van der Waals surface area contributed by atoms with Crippen LogP contribution in [-0.2, 0) is 19.7 Å². The fourth-order valence-electron chi connectivity index (χ4n) is 6.59. The van der Waals surface area contributed by atoms with Crippen LogP contribution < -0.4 is 14.5 Å². The van der Waals surface area contributed by atoms with Gasteiger partial charge in [-0.2, -0.15) is 0 Å². The molecule has 2 aliphatic rings. The van der Waals surface area contributed by atoms with Crippen LogP contribution in [0.15, 0.2) is 47.8 Å². The number of hydrogen-bond acceptors (Lipinski definition) is 7. The van der Waals surface area contributed by atoms with E-state index in [1.807, 2.05) is 23.5 Å². The Kier molecular flexibility index (Phi) is 11.8. The largest absolute Gasteiger partial charge is 0.494 e. The molecule has 3 heterocycles. The van der Waals surface area contributed by atoms with Gasteiger partial charge < -0.3 is 14.4 Å². The fourth-order valence-corrected chi connectivity index (χ4v) is 7.40. The highest BCUT2D eigenvalue weighted by atomic mass is 32.1. The van der Waals surface area contributed by atoms with Crippen molar-refractivity contribution < 1.29 is 19.1 Å². The quantitative estimate of drug-likeness (QED) is 0.117. The zero-order valence-electron chi connectivity index (χ0n) is 27.5. The summed E-state index contributed by atoms with van der Waals surface area (Å²) in [5, 5.41) is 3.55. The van der Waals surface area contributed by atoms with Gasteiger partial charge in [0.05, 0.1) is 12.3 Å². The standard InChI is InChI=1S/C37H51N3O4S/c1-4-5-6-7-8-9-15-36(42)44-28-40-33-26-29(16-17-31(33)37(2,3)27-35(40)41)43-24-11-10-19-38-20-22-39(23-21-38)32-13-12-14-34-30(32)18-25-45-34/h12-14,16-18,25-26H,4-11,15,19-24,27-28H2,1-3H3. The first-order valence-electron chi connectivity index (χ1n) is 17.0. The number of piperazine rings is 1. The number of carbonyl (C=O) groups is 2. The maximum Gasteiger partial charge on any atom is 0.307 e. The van der Waals surface area contributed by atoms with Crippen LogP contribution in [0.25, 0.3) is 10.1 Å². The van der Waals surface area contributed by atoms with Gasteiger partial charge in [-0.25, -0.2) is 0 Å². The topological polar surface area (TPSA) is 62.3 Å². The normalized spacial score (nSPS) is 16.6. The van der Waals surface area contributed by atoms with E-state index >= 15 is 0 Å². The lowest BCUT2D eigenvalue weighted by Gasteiger charge is -2.38. The van der Waals surface area contributed by atoms with Crippen molar-refractivity contribution in [1.82, 2.24) is 4.90 Å². The van der Waals surface area contributed by atoms with Gasteiger partial charge >= 0.3 is 5.97 Å². The van der Waals surface area contributed by atoms with E-state index in [-0.39, 0.29) is 24.0 Å². The third-order valence-corrected chi connectivity index (χ3v) is 10.2. The Bertz CT molecular complexity index is 1410. The van der Waals surface area contributed by atoms with Gasteiger partial charge in [-0.1, -0.05) is 65.0 Å². The van der Waals surface area contributed by atoms with Crippen LogP contribution in [-0.4, -0.2) is 62.8 Å². The number of fused-ring (bicyclic) bond motifs is 2. The molecule has 1 aromatic heterocycles. The van der Waals surface area contributed by atoms with Crippen molar-refractivity contribution in [2.24, 2.45) is 0 Å². The molecule has 1 fully saturated rings. The van der Waals surface area contributed by atoms with Crippen LogP contribution in [0.3, 0.4) is 0 Å². The minimum Gasteiger partial charge on any atom is -0.494 e. The molecule has 244 valence electrons. The van der Waals surface area contributed by atoms with Crippen LogP contribution in [0.1, 0.15) is 90.5 Å². The molecular weight excluding hydrogens is 582 g/mol. The van der Waals surface area contributed by atoms with Gasteiger partial charge in [0.25, 0.3) is 0 Å². The van der Waals surface area contributed by atoms with Crippen LogP contribution in [0.5, 0.6) is 5.75 Å². The van der Waals surface area contributed by atoms with Gasteiger partial charge in [-0.15, -0.1) is 11.3 Å². The number of esters is 1. The molecule has 0 spiro atoms. The second-order valence-corrected chi connectivity index (χ2v) is 14.2. The maximum atomic E-state index is 13.1. The lowest BCUT2D eigenvalue weighted by Crippen LogP contribution is -2.46. The van der Waals surface area contributed by atoms with Crippen LogP contribution in [0, 0.1) is 0 Å². The molecule has 2 aliphatic heterocycles. The summed E-state index contributed by atoms with van der Waals surface area (Å²) in [5.41, 5.74) is 2.94. The van der Waals surface area contributed by atoms with Gasteiger partial charge in [-0.3, -0.25) is 19.4 Å². The third-order valence-electron chi connectivity index (χ3n) is 9.30. The highest BCUT2D eigenvalue weighted by Gasteiger charge is 2.37. The minimum absolute atomic E-state index is 0.0240. The molecule has 0 radical (unpaired) electrons. The number of nitrogens with zero attached hydrogens (tertiary/aromatic N) is 3. The highest BCUT2D eigenvalue weighted by molar-refractivity contribution is 7.17. The van der Waals surface area contributed by atoms with E-state index in [1.165, 1.54) is 35.0 Å². The molecular formula is C37H51N3O4S. The van der Waals surface area contributed by atoms with Crippen molar-refractivity contribution >= 4 is 44.7 Å². The first-order valence-corrected chi connectivity index (χ1v) is 17.9. The van der Waals surface area contributed by atoms with Gasteiger partial charge in [0.2, 0.25) is 5.91 Å². The smallest absolute Gasteiger partial charge is 0.307 e. The first-order chi connectivity index (χ1) is 21.9. The molecule has 0 saturated carbocycles. The zero-order chi connectivity index (χ0) is 31.6. The van der Waals surface area contributed by atoms with E-state index < -0.39 is 0 Å². The summed E-state index contributed by atoms with van der Waals surface area (Å²) in [7, 11) is 0. The molecule has 5 rings (SSSR count). The number of unbranched alkanes of at least 4 members (excludes halogenated alkanes) is 6. The predicted octanol–water partition coefficient (Wildman–Crippen LogP) is 8.15. The molecule has 45 heavy (non-hydrogen) atoms. The SMILES string of the molecule is CCCCCCCCC(=O)OCN1C(=O)CC(C)(C)c2ccc(OCCCCN3CCN(c4cccc5sccc45)CC3)cc21. The molecule has 8 heteroatoms. The molecule has 3 aromatic rings. The number of carbonyl (C=O) groups excluding carboxylic acids is 2. The first kappa shape index (κ1) is 33.3. The third kappa shape index (κ3) is 8.79. The number of amides is 1. The molecule has 7 nitrogen and oxygen atoms in total. The average Bonchev–Trinajstić information content (AvgIpc) is 3.52. The Morgan fingerprint density at radius 3 is 2.53 bits per heavy atom. The molecule has 0 N–H and O–H groups in total. The van der Waals surface area contributed by atoms with Crippen molar-refractivity contribution in [3.63, 3.8) is 0 Å². The summed E-state index contributed by atoms with van der Waals surface area (Å²) in [4.78, 5) is 32.3. The van der Waals surface area contributed by atoms with Gasteiger partial charge in [-0.05, 0) is 61.0 Å². The number of rotatable bonds is 16. The number of benzene rings is 2. The second kappa shape index (κ2) is 15.9. The fraction of sp³-hybridized carbons (Fsp3) is 0.568. The van der Waals surface area contributed by atoms with Crippen molar-refractivity contribution in [3.05, 3.63) is 53.4 Å². The minimum atomic E-state index is -0.288. The number of ether oxygens (including phenoxy) is 2. The van der Waals surface area contributed by atoms with Crippen LogP contribution in [0.2, 0.25) is 0 Å². The molecule has 1 saturated heterocycles. The summed E-state index contributed by atoms with van der Waals surface area (Å²) < 4.78 is 13.1. The predicted molar refractivity (Wildman–Crippen MR) is 186 cm³/mol. The molecule has 1 amide bonds. The van der Waals surface area contributed by atoms with E-state index in [4.69, 9.17) is 9.47 Å². The summed E-state index contributed by atoms with van der Waals surface area (Å²) in [6, 6.07) is 14.9. The van der Waals surface area contributed by atoms with Gasteiger partial charge in [0, 0.05) is 66.3 Å². The van der Waals surface area contributed by atoms with E-state index in [9.17, 15) is 9.59 Å². The van der Waals surface area contributed by atoms with Crippen LogP contribution in [0.4, 0.5) is 11.4 Å². The van der Waals surface area contributed by atoms with E-state index in [0.29, 0.717) is 19.4 Å². The Morgan fingerprint density at radius 1 is 0.911 bits per heavy atom. The number of thiophene rings is 1. The van der Waals surface area contributed by atoms with Crippen molar-refractivity contribution in [2.45, 2.75) is 90.4 Å². The molecule has 0 atom stereocenters. The molecule has 2 aromatic carbocycles. The monoisotopic (exact) mass is 633 g/mol. The second-order valence-electron chi connectivity index (χ2n) is 13.2. The summed E-state index contributed by atoms with van der Waals surface area (Å²) in [6.45, 7) is 12.3. The van der Waals surface area contributed by atoms with Gasteiger partial charge in [0.1, 0.15) is 5.75 Å².